The Morgan fingerprint density at radius 3 is 2.46 bits per heavy atom. The minimum Gasteiger partial charge on any atom is -0.338 e. The van der Waals surface area contributed by atoms with Gasteiger partial charge in [0, 0.05) is 23.6 Å². The van der Waals surface area contributed by atoms with Gasteiger partial charge in [0.15, 0.2) is 0 Å². The molecule has 0 fully saturated rings. The Balaban J connectivity index is 1.87. The van der Waals surface area contributed by atoms with Gasteiger partial charge in [-0.1, -0.05) is 37.6 Å². The number of urea groups is 1. The molecular formula is C17H21ClN4O2. The van der Waals surface area contributed by atoms with E-state index in [1.165, 1.54) is 6.07 Å². The minimum atomic E-state index is -0.275. The average molecular weight is 349 g/mol. The van der Waals surface area contributed by atoms with E-state index in [1.807, 2.05) is 24.3 Å². The molecule has 0 radical (unpaired) electrons. The number of halogens is 1. The molecule has 128 valence electrons. The molecule has 0 spiro atoms. The van der Waals surface area contributed by atoms with E-state index in [0.717, 1.165) is 5.56 Å². The van der Waals surface area contributed by atoms with Crippen LogP contribution < -0.4 is 16.2 Å². The summed E-state index contributed by atoms with van der Waals surface area (Å²) in [6.45, 7) is 4.99. The molecule has 2 amide bonds. The Labute approximate surface area is 145 Å². The van der Waals surface area contributed by atoms with Crippen molar-refractivity contribution in [3.8, 4) is 0 Å². The second-order valence-electron chi connectivity index (χ2n) is 5.88. The number of rotatable bonds is 6. The molecule has 2 aromatic rings. The number of carbonyl (C=O) groups excluding carboxylic acids is 1. The fraction of sp³-hybridized carbons (Fsp3) is 0.353. The molecule has 0 aliphatic heterocycles. The zero-order valence-corrected chi connectivity index (χ0v) is 14.4. The van der Waals surface area contributed by atoms with Gasteiger partial charge in [-0.25, -0.2) is 9.89 Å². The number of H-pyrrole nitrogens is 1. The quantitative estimate of drug-likeness (QED) is 0.750. The summed E-state index contributed by atoms with van der Waals surface area (Å²) in [5, 5.41) is 12.5. The number of amides is 2. The van der Waals surface area contributed by atoms with Crippen molar-refractivity contribution in [1.29, 1.82) is 0 Å². The number of hydrogen-bond donors (Lipinski definition) is 3. The predicted octanol–water partition coefficient (Wildman–Crippen LogP) is 2.66. The summed E-state index contributed by atoms with van der Waals surface area (Å²) in [6.07, 6.45) is 0. The average Bonchev–Trinajstić information content (AvgIpc) is 2.56. The van der Waals surface area contributed by atoms with E-state index in [-0.39, 0.29) is 24.1 Å². The van der Waals surface area contributed by atoms with Gasteiger partial charge in [-0.15, -0.1) is 0 Å². The molecule has 0 aliphatic carbocycles. The van der Waals surface area contributed by atoms with Crippen molar-refractivity contribution >= 4 is 17.6 Å². The highest BCUT2D eigenvalue weighted by atomic mass is 35.5. The van der Waals surface area contributed by atoms with E-state index >= 15 is 0 Å². The molecule has 0 aliphatic rings. The summed E-state index contributed by atoms with van der Waals surface area (Å²) in [5.41, 5.74) is 1.45. The molecule has 3 N–H and O–H groups in total. The maximum Gasteiger partial charge on any atom is 0.315 e. The maximum atomic E-state index is 12.0. The SMILES string of the molecule is CC(C)C(CNC(=O)NCc1ccc(=O)[nH]n1)c1ccc(Cl)cc1. The Morgan fingerprint density at radius 2 is 1.88 bits per heavy atom. The van der Waals surface area contributed by atoms with Crippen molar-refractivity contribution in [1.82, 2.24) is 20.8 Å². The van der Waals surface area contributed by atoms with E-state index in [9.17, 15) is 9.59 Å². The van der Waals surface area contributed by atoms with Crippen LogP contribution in [-0.2, 0) is 6.54 Å². The number of benzene rings is 1. The number of aromatic amines is 1. The number of hydrogen-bond acceptors (Lipinski definition) is 3. The molecule has 1 aromatic heterocycles. The van der Waals surface area contributed by atoms with Gasteiger partial charge in [-0.2, -0.15) is 5.10 Å². The highest BCUT2D eigenvalue weighted by molar-refractivity contribution is 6.30. The molecule has 0 saturated carbocycles. The van der Waals surface area contributed by atoms with Crippen LogP contribution >= 0.6 is 11.6 Å². The summed E-state index contributed by atoms with van der Waals surface area (Å²) in [5.74, 6) is 0.562. The fourth-order valence-electron chi connectivity index (χ4n) is 2.36. The van der Waals surface area contributed by atoms with E-state index < -0.39 is 0 Å². The molecular weight excluding hydrogens is 328 g/mol. The van der Waals surface area contributed by atoms with Crippen LogP contribution in [0.4, 0.5) is 4.79 Å². The molecule has 0 bridgehead atoms. The van der Waals surface area contributed by atoms with Crippen LogP contribution in [0.5, 0.6) is 0 Å². The van der Waals surface area contributed by atoms with Crippen LogP contribution in [0.15, 0.2) is 41.2 Å². The van der Waals surface area contributed by atoms with Crippen LogP contribution in [0.3, 0.4) is 0 Å². The Bertz CT molecular complexity index is 708. The molecule has 6 nitrogen and oxygen atoms in total. The van der Waals surface area contributed by atoms with Crippen LogP contribution in [0.25, 0.3) is 0 Å². The van der Waals surface area contributed by atoms with Gasteiger partial charge in [0.05, 0.1) is 12.2 Å². The van der Waals surface area contributed by atoms with Gasteiger partial charge in [-0.3, -0.25) is 4.79 Å². The molecule has 1 atom stereocenters. The van der Waals surface area contributed by atoms with Gasteiger partial charge < -0.3 is 10.6 Å². The number of nitrogens with one attached hydrogen (secondary N) is 3. The van der Waals surface area contributed by atoms with Gasteiger partial charge in [0.25, 0.3) is 5.56 Å². The summed E-state index contributed by atoms with van der Waals surface area (Å²) in [4.78, 5) is 22.9. The summed E-state index contributed by atoms with van der Waals surface area (Å²) in [6, 6.07) is 10.3. The lowest BCUT2D eigenvalue weighted by molar-refractivity contribution is 0.238. The third-order valence-electron chi connectivity index (χ3n) is 3.75. The molecule has 24 heavy (non-hydrogen) atoms. The lowest BCUT2D eigenvalue weighted by atomic mass is 9.88. The first kappa shape index (κ1) is 18.0. The lowest BCUT2D eigenvalue weighted by Crippen LogP contribution is -2.38. The third-order valence-corrected chi connectivity index (χ3v) is 4.00. The second-order valence-corrected chi connectivity index (χ2v) is 6.31. The lowest BCUT2D eigenvalue weighted by Gasteiger charge is -2.22. The first-order chi connectivity index (χ1) is 11.5. The topological polar surface area (TPSA) is 86.9 Å². The predicted molar refractivity (Wildman–Crippen MR) is 94.1 cm³/mol. The van der Waals surface area contributed by atoms with Crippen LogP contribution in [0.1, 0.15) is 31.0 Å². The van der Waals surface area contributed by atoms with Crippen LogP contribution in [-0.4, -0.2) is 22.8 Å². The molecule has 1 heterocycles. The smallest absolute Gasteiger partial charge is 0.315 e. The van der Waals surface area contributed by atoms with Crippen LogP contribution in [0.2, 0.25) is 5.02 Å². The first-order valence-electron chi connectivity index (χ1n) is 7.77. The van der Waals surface area contributed by atoms with E-state index in [1.54, 1.807) is 6.07 Å². The van der Waals surface area contributed by atoms with Gasteiger partial charge in [-0.05, 0) is 29.7 Å². The second kappa shape index (κ2) is 8.49. The Morgan fingerprint density at radius 1 is 1.17 bits per heavy atom. The highest BCUT2D eigenvalue weighted by Gasteiger charge is 2.16. The first-order valence-corrected chi connectivity index (χ1v) is 8.15. The van der Waals surface area contributed by atoms with Crippen LogP contribution in [0, 0.1) is 5.92 Å². The van der Waals surface area contributed by atoms with Gasteiger partial charge in [0.1, 0.15) is 0 Å². The van der Waals surface area contributed by atoms with Crippen molar-refractivity contribution in [2.24, 2.45) is 5.92 Å². The summed E-state index contributed by atoms with van der Waals surface area (Å²) < 4.78 is 0. The summed E-state index contributed by atoms with van der Waals surface area (Å²) in [7, 11) is 0. The number of nitrogens with zero attached hydrogens (tertiary/aromatic N) is 1. The number of carbonyl (C=O) groups is 1. The Hall–Kier alpha value is -2.34. The molecule has 0 saturated heterocycles. The monoisotopic (exact) mass is 348 g/mol. The number of aromatic nitrogens is 2. The standard InChI is InChI=1S/C17H21ClN4O2/c1-11(2)15(12-3-5-13(18)6-4-12)10-20-17(24)19-9-14-7-8-16(23)22-21-14/h3-8,11,15H,9-10H2,1-2H3,(H,22,23)(H2,19,20,24). The van der Waals surface area contributed by atoms with E-state index in [0.29, 0.717) is 23.2 Å². The van der Waals surface area contributed by atoms with E-state index in [4.69, 9.17) is 11.6 Å². The van der Waals surface area contributed by atoms with E-state index in [2.05, 4.69) is 34.7 Å². The molecule has 1 unspecified atom stereocenters. The van der Waals surface area contributed by atoms with Crippen molar-refractivity contribution in [3.63, 3.8) is 0 Å². The van der Waals surface area contributed by atoms with Gasteiger partial charge in [0.2, 0.25) is 0 Å². The largest absolute Gasteiger partial charge is 0.338 e. The zero-order chi connectivity index (χ0) is 17.5. The molecule has 7 heteroatoms. The fourth-order valence-corrected chi connectivity index (χ4v) is 2.48. The maximum absolute atomic E-state index is 12.0. The summed E-state index contributed by atoms with van der Waals surface area (Å²) >= 11 is 5.92. The van der Waals surface area contributed by atoms with Gasteiger partial charge >= 0.3 is 6.03 Å². The molecule has 1 aromatic carbocycles. The van der Waals surface area contributed by atoms with Crippen molar-refractivity contribution in [2.75, 3.05) is 6.54 Å². The minimum absolute atomic E-state index is 0.194. The third kappa shape index (κ3) is 5.38. The molecule has 2 rings (SSSR count). The highest BCUT2D eigenvalue weighted by Crippen LogP contribution is 2.24. The van der Waals surface area contributed by atoms with Crippen molar-refractivity contribution in [2.45, 2.75) is 26.3 Å². The Kier molecular flexibility index (Phi) is 6.37. The zero-order valence-electron chi connectivity index (χ0n) is 13.7. The van der Waals surface area contributed by atoms with Crippen molar-refractivity contribution in [3.05, 3.63) is 63.0 Å². The normalized spacial score (nSPS) is 12.0. The van der Waals surface area contributed by atoms with Crippen molar-refractivity contribution < 1.29 is 4.79 Å².